The van der Waals surface area contributed by atoms with E-state index >= 15 is 0 Å². The predicted octanol–water partition coefficient (Wildman–Crippen LogP) is 2.74. The molecular weight excluding hydrogens is 255 g/mol. The van der Waals surface area contributed by atoms with Crippen LogP contribution in [0.15, 0.2) is 11.1 Å². The molecule has 0 saturated heterocycles. The first-order valence-corrected chi connectivity index (χ1v) is 4.94. The van der Waals surface area contributed by atoms with Crippen LogP contribution in [0, 0.1) is 0 Å². The van der Waals surface area contributed by atoms with E-state index in [4.69, 9.17) is 0 Å². The fourth-order valence-corrected chi connectivity index (χ4v) is 1.14. The highest BCUT2D eigenvalue weighted by molar-refractivity contribution is 9.11. The molecule has 0 aliphatic rings. The van der Waals surface area contributed by atoms with Crippen molar-refractivity contribution in [3.8, 4) is 0 Å². The molecule has 0 fully saturated rings. The van der Waals surface area contributed by atoms with Crippen molar-refractivity contribution < 1.29 is 13.2 Å². The van der Waals surface area contributed by atoms with Crippen LogP contribution in [0.5, 0.6) is 0 Å². The van der Waals surface area contributed by atoms with Gasteiger partial charge in [-0.25, -0.2) is 0 Å². The molecule has 0 aliphatic carbocycles. The Kier molecular flexibility index (Phi) is 6.04. The molecule has 0 aromatic rings. The summed E-state index contributed by atoms with van der Waals surface area (Å²) in [5, 5.41) is 2.79. The molecule has 0 radical (unpaired) electrons. The molecule has 72 valence electrons. The molecule has 0 saturated carbocycles. The smallest absolute Gasteiger partial charge is 0.311 e. The first kappa shape index (κ1) is 12.3. The molecule has 0 atom stereocenters. The maximum Gasteiger partial charge on any atom is 0.441 e. The molecule has 0 unspecified atom stereocenters. The summed E-state index contributed by atoms with van der Waals surface area (Å²) in [5.74, 6) is 0.0315. The van der Waals surface area contributed by atoms with Gasteiger partial charge in [0, 0.05) is 23.3 Å². The number of nitrogens with one attached hydrogen (secondary N) is 1. The number of thioether (sulfide) groups is 1. The molecule has 0 heterocycles. The summed E-state index contributed by atoms with van der Waals surface area (Å²) in [4.78, 5) is 0. The standard InChI is InChI=1S/C6H9BrF3NS/c1-5(7)4-11-2-3-12-6(8,9)10/h11H,1-4H2. The average molecular weight is 264 g/mol. The monoisotopic (exact) mass is 263 g/mol. The van der Waals surface area contributed by atoms with Gasteiger partial charge in [-0.05, 0) is 11.8 Å². The van der Waals surface area contributed by atoms with E-state index in [0.29, 0.717) is 13.1 Å². The Balaban J connectivity index is 3.17. The predicted molar refractivity (Wildman–Crippen MR) is 49.4 cm³/mol. The number of halogens is 4. The molecule has 12 heavy (non-hydrogen) atoms. The SMILES string of the molecule is C=C(Br)CNCCSC(F)(F)F. The molecule has 1 N–H and O–H groups in total. The lowest BCUT2D eigenvalue weighted by Crippen LogP contribution is -2.19. The van der Waals surface area contributed by atoms with E-state index < -0.39 is 5.51 Å². The molecule has 6 heteroatoms. The number of rotatable bonds is 5. The van der Waals surface area contributed by atoms with Crippen LogP contribution in [-0.4, -0.2) is 24.4 Å². The first-order valence-electron chi connectivity index (χ1n) is 3.16. The van der Waals surface area contributed by atoms with Crippen molar-refractivity contribution in [2.24, 2.45) is 0 Å². The van der Waals surface area contributed by atoms with Gasteiger partial charge in [0.15, 0.2) is 0 Å². The molecule has 0 bridgehead atoms. The zero-order valence-electron chi connectivity index (χ0n) is 6.25. The Morgan fingerprint density at radius 1 is 1.50 bits per heavy atom. The van der Waals surface area contributed by atoms with Crippen molar-refractivity contribution in [2.45, 2.75) is 5.51 Å². The third kappa shape index (κ3) is 10.3. The van der Waals surface area contributed by atoms with E-state index in [2.05, 4.69) is 27.8 Å². The minimum Gasteiger partial charge on any atom is -0.311 e. The van der Waals surface area contributed by atoms with Gasteiger partial charge >= 0.3 is 5.51 Å². The van der Waals surface area contributed by atoms with Crippen LogP contribution in [0.4, 0.5) is 13.2 Å². The second kappa shape index (κ2) is 5.88. The molecule has 0 aromatic carbocycles. The summed E-state index contributed by atoms with van der Waals surface area (Å²) in [7, 11) is 0. The van der Waals surface area contributed by atoms with E-state index in [9.17, 15) is 13.2 Å². The third-order valence-corrected chi connectivity index (χ3v) is 1.88. The Morgan fingerprint density at radius 3 is 2.50 bits per heavy atom. The summed E-state index contributed by atoms with van der Waals surface area (Å²) in [6, 6.07) is 0. The van der Waals surface area contributed by atoms with Gasteiger partial charge in [0.2, 0.25) is 0 Å². The van der Waals surface area contributed by atoms with Gasteiger partial charge in [-0.1, -0.05) is 22.5 Å². The average Bonchev–Trinajstić information content (AvgIpc) is 1.83. The van der Waals surface area contributed by atoms with Crippen molar-refractivity contribution in [1.82, 2.24) is 5.32 Å². The highest BCUT2D eigenvalue weighted by atomic mass is 79.9. The summed E-state index contributed by atoms with van der Waals surface area (Å²) in [6.45, 7) is 4.35. The zero-order chi connectivity index (χ0) is 9.61. The van der Waals surface area contributed by atoms with Crippen LogP contribution < -0.4 is 5.32 Å². The molecule has 0 aromatic heterocycles. The van der Waals surface area contributed by atoms with Gasteiger partial charge in [-0.15, -0.1) is 0 Å². The largest absolute Gasteiger partial charge is 0.441 e. The summed E-state index contributed by atoms with van der Waals surface area (Å²) in [5.41, 5.74) is -4.12. The highest BCUT2D eigenvalue weighted by Gasteiger charge is 2.27. The van der Waals surface area contributed by atoms with Gasteiger partial charge in [0.05, 0.1) is 0 Å². The van der Waals surface area contributed by atoms with E-state index in [-0.39, 0.29) is 17.5 Å². The van der Waals surface area contributed by atoms with Crippen LogP contribution >= 0.6 is 27.7 Å². The van der Waals surface area contributed by atoms with Crippen LogP contribution in [-0.2, 0) is 0 Å². The Hall–Kier alpha value is 0.320. The Labute approximate surface area is 81.9 Å². The van der Waals surface area contributed by atoms with E-state index in [0.717, 1.165) is 4.48 Å². The second-order valence-corrected chi connectivity index (χ2v) is 4.27. The van der Waals surface area contributed by atoms with Crippen LogP contribution in [0.3, 0.4) is 0 Å². The Bertz CT molecular complexity index is 148. The van der Waals surface area contributed by atoms with E-state index in [1.54, 1.807) is 0 Å². The van der Waals surface area contributed by atoms with E-state index in [1.165, 1.54) is 0 Å². The summed E-state index contributed by atoms with van der Waals surface area (Å²) < 4.78 is 35.4. The minimum atomic E-state index is -4.12. The van der Waals surface area contributed by atoms with Crippen LogP contribution in [0.25, 0.3) is 0 Å². The lowest BCUT2D eigenvalue weighted by Gasteiger charge is -2.05. The van der Waals surface area contributed by atoms with Crippen molar-refractivity contribution in [2.75, 3.05) is 18.8 Å². The first-order chi connectivity index (χ1) is 5.42. The molecule has 0 spiro atoms. The fraction of sp³-hybridized carbons (Fsp3) is 0.667. The minimum absolute atomic E-state index is 0.0222. The number of alkyl halides is 3. The van der Waals surface area contributed by atoms with Crippen molar-refractivity contribution in [3.05, 3.63) is 11.1 Å². The zero-order valence-corrected chi connectivity index (χ0v) is 8.65. The maximum atomic E-state index is 11.5. The Morgan fingerprint density at radius 2 is 2.08 bits per heavy atom. The van der Waals surface area contributed by atoms with Gasteiger partial charge in [0.1, 0.15) is 0 Å². The van der Waals surface area contributed by atoms with Crippen molar-refractivity contribution in [3.63, 3.8) is 0 Å². The summed E-state index contributed by atoms with van der Waals surface area (Å²) >= 11 is 3.06. The highest BCUT2D eigenvalue weighted by Crippen LogP contribution is 2.29. The van der Waals surface area contributed by atoms with Gasteiger partial charge in [0.25, 0.3) is 0 Å². The normalized spacial score (nSPS) is 11.7. The number of hydrogen-bond donors (Lipinski definition) is 1. The van der Waals surface area contributed by atoms with Crippen LogP contribution in [0.2, 0.25) is 0 Å². The van der Waals surface area contributed by atoms with Crippen molar-refractivity contribution in [1.29, 1.82) is 0 Å². The lowest BCUT2D eigenvalue weighted by molar-refractivity contribution is -0.0327. The fourth-order valence-electron chi connectivity index (χ4n) is 0.463. The van der Waals surface area contributed by atoms with Gasteiger partial charge in [-0.2, -0.15) is 13.2 Å². The quantitative estimate of drug-likeness (QED) is 0.766. The van der Waals surface area contributed by atoms with Crippen molar-refractivity contribution >= 4 is 27.7 Å². The van der Waals surface area contributed by atoms with E-state index in [1.807, 2.05) is 0 Å². The molecule has 0 rings (SSSR count). The molecule has 0 aliphatic heterocycles. The van der Waals surface area contributed by atoms with Crippen LogP contribution in [0.1, 0.15) is 0 Å². The van der Waals surface area contributed by atoms with Gasteiger partial charge < -0.3 is 5.32 Å². The summed E-state index contributed by atoms with van der Waals surface area (Å²) in [6.07, 6.45) is 0. The molecular formula is C6H9BrF3NS. The molecule has 1 nitrogen and oxygen atoms in total. The topological polar surface area (TPSA) is 12.0 Å². The lowest BCUT2D eigenvalue weighted by atomic mass is 10.6. The third-order valence-electron chi connectivity index (χ3n) is 0.861. The second-order valence-electron chi connectivity index (χ2n) is 1.99. The van der Waals surface area contributed by atoms with Gasteiger partial charge in [-0.3, -0.25) is 0 Å². The molecule has 0 amide bonds. The maximum absolute atomic E-state index is 11.5. The number of hydrogen-bond acceptors (Lipinski definition) is 2.